The molecular formula is C15H16ClFN4O. The number of rotatable bonds is 3. The Bertz CT molecular complexity index is 676. The fourth-order valence-electron chi connectivity index (χ4n) is 2.91. The zero-order valence-corrected chi connectivity index (χ0v) is 12.8. The largest absolute Gasteiger partial charge is 0.346 e. The Labute approximate surface area is 132 Å². The van der Waals surface area contributed by atoms with Gasteiger partial charge in [0.1, 0.15) is 11.5 Å². The fourth-order valence-corrected chi connectivity index (χ4v) is 3.03. The summed E-state index contributed by atoms with van der Waals surface area (Å²) in [5, 5.41) is 9.50. The zero-order valence-electron chi connectivity index (χ0n) is 12.0. The summed E-state index contributed by atoms with van der Waals surface area (Å²) in [6.07, 6.45) is 2.33. The number of aromatic nitrogens is 2. The molecule has 0 unspecified atom stereocenters. The van der Waals surface area contributed by atoms with Crippen LogP contribution in [0, 0.1) is 5.82 Å². The van der Waals surface area contributed by atoms with Gasteiger partial charge in [-0.05, 0) is 37.2 Å². The summed E-state index contributed by atoms with van der Waals surface area (Å²) >= 11 is 5.74. The van der Waals surface area contributed by atoms with Crippen LogP contribution in [-0.4, -0.2) is 40.6 Å². The minimum Gasteiger partial charge on any atom is -0.346 e. The van der Waals surface area contributed by atoms with Crippen molar-refractivity contribution < 1.29 is 9.18 Å². The van der Waals surface area contributed by atoms with Gasteiger partial charge in [-0.25, -0.2) is 4.39 Å². The van der Waals surface area contributed by atoms with E-state index in [1.807, 2.05) is 7.05 Å². The summed E-state index contributed by atoms with van der Waals surface area (Å²) in [4.78, 5) is 14.3. The Morgan fingerprint density at radius 1 is 1.50 bits per heavy atom. The number of nitrogens with one attached hydrogen (secondary N) is 2. The maximum Gasteiger partial charge on any atom is 0.269 e. The highest BCUT2D eigenvalue weighted by atomic mass is 35.5. The van der Waals surface area contributed by atoms with E-state index in [0.717, 1.165) is 18.5 Å². The van der Waals surface area contributed by atoms with Crippen LogP contribution in [0.4, 0.5) is 4.39 Å². The summed E-state index contributed by atoms with van der Waals surface area (Å²) in [5.41, 5.74) is 1.22. The lowest BCUT2D eigenvalue weighted by Gasteiger charge is -2.26. The van der Waals surface area contributed by atoms with E-state index in [0.29, 0.717) is 5.69 Å². The van der Waals surface area contributed by atoms with Gasteiger partial charge in [0, 0.05) is 12.7 Å². The van der Waals surface area contributed by atoms with Crippen LogP contribution in [0.1, 0.15) is 28.5 Å². The quantitative estimate of drug-likeness (QED) is 0.912. The smallest absolute Gasteiger partial charge is 0.269 e. The van der Waals surface area contributed by atoms with E-state index in [9.17, 15) is 9.18 Å². The van der Waals surface area contributed by atoms with Crippen molar-refractivity contribution in [1.29, 1.82) is 0 Å². The highest BCUT2D eigenvalue weighted by molar-refractivity contribution is 6.30. The van der Waals surface area contributed by atoms with Crippen molar-refractivity contribution in [2.45, 2.75) is 18.5 Å². The van der Waals surface area contributed by atoms with E-state index >= 15 is 0 Å². The van der Waals surface area contributed by atoms with Crippen LogP contribution in [0.2, 0.25) is 5.02 Å². The van der Waals surface area contributed by atoms with Crippen LogP contribution in [0.25, 0.3) is 0 Å². The summed E-state index contributed by atoms with van der Waals surface area (Å²) in [6.45, 7) is 0.822. The molecule has 5 nitrogen and oxygen atoms in total. The number of aromatic amines is 1. The average Bonchev–Trinajstić information content (AvgIpc) is 3.13. The molecule has 0 bridgehead atoms. The second kappa shape index (κ2) is 6.06. The molecule has 2 heterocycles. The van der Waals surface area contributed by atoms with Gasteiger partial charge < -0.3 is 5.32 Å². The standard InChI is InChI=1S/C15H16ClFN4O/c1-21-7-5-12(19-15(22)13-4-6-18-20-13)14(21)9-2-3-10(16)11(17)8-9/h2-4,6,8,12,14H,5,7H2,1H3,(H,18,20)(H,19,22)/t12-,14-/m1/s1. The summed E-state index contributed by atoms with van der Waals surface area (Å²) in [6, 6.07) is 6.22. The highest BCUT2D eigenvalue weighted by Crippen LogP contribution is 2.32. The predicted octanol–water partition coefficient (Wildman–Crippen LogP) is 2.38. The van der Waals surface area contributed by atoms with Gasteiger partial charge in [-0.2, -0.15) is 5.10 Å². The predicted molar refractivity (Wildman–Crippen MR) is 81.2 cm³/mol. The minimum absolute atomic E-state index is 0.0846. The van der Waals surface area contributed by atoms with Gasteiger partial charge in [-0.3, -0.25) is 14.8 Å². The lowest BCUT2D eigenvalue weighted by molar-refractivity contribution is 0.0922. The van der Waals surface area contributed by atoms with Crippen molar-refractivity contribution in [3.05, 3.63) is 52.6 Å². The van der Waals surface area contributed by atoms with Crippen molar-refractivity contribution >= 4 is 17.5 Å². The fraction of sp³-hybridized carbons (Fsp3) is 0.333. The maximum absolute atomic E-state index is 13.7. The number of likely N-dealkylation sites (tertiary alicyclic amines) is 1. The van der Waals surface area contributed by atoms with Crippen molar-refractivity contribution in [1.82, 2.24) is 20.4 Å². The van der Waals surface area contributed by atoms with Crippen molar-refractivity contribution in [3.63, 3.8) is 0 Å². The third-order valence-electron chi connectivity index (χ3n) is 4.00. The molecule has 22 heavy (non-hydrogen) atoms. The second-order valence-electron chi connectivity index (χ2n) is 5.44. The van der Waals surface area contributed by atoms with E-state index in [1.54, 1.807) is 18.2 Å². The van der Waals surface area contributed by atoms with Gasteiger partial charge in [-0.15, -0.1) is 0 Å². The SMILES string of the molecule is CN1CC[C@@H](NC(=O)c2ccn[nH]2)[C@H]1c1ccc(Cl)c(F)c1. The molecule has 1 fully saturated rings. The molecule has 0 aliphatic carbocycles. The van der Waals surface area contributed by atoms with Crippen molar-refractivity contribution in [2.75, 3.05) is 13.6 Å². The van der Waals surface area contributed by atoms with Gasteiger partial charge in [-0.1, -0.05) is 17.7 Å². The highest BCUT2D eigenvalue weighted by Gasteiger charge is 2.34. The maximum atomic E-state index is 13.7. The van der Waals surface area contributed by atoms with Gasteiger partial charge in [0.15, 0.2) is 0 Å². The molecule has 2 atom stereocenters. The van der Waals surface area contributed by atoms with Gasteiger partial charge >= 0.3 is 0 Å². The van der Waals surface area contributed by atoms with Crippen LogP contribution in [0.3, 0.4) is 0 Å². The molecule has 1 amide bonds. The molecule has 0 spiro atoms. The number of halogens is 2. The first-order valence-corrected chi connectivity index (χ1v) is 7.39. The van der Waals surface area contributed by atoms with Crippen molar-refractivity contribution in [3.8, 4) is 0 Å². The molecule has 1 aromatic heterocycles. The Balaban J connectivity index is 1.81. The Kier molecular flexibility index (Phi) is 4.13. The molecule has 1 saturated heterocycles. The lowest BCUT2D eigenvalue weighted by atomic mass is 10.00. The van der Waals surface area contributed by atoms with E-state index in [-0.39, 0.29) is 23.0 Å². The topological polar surface area (TPSA) is 61.0 Å². The van der Waals surface area contributed by atoms with E-state index in [1.165, 1.54) is 12.3 Å². The first-order chi connectivity index (χ1) is 10.6. The number of hydrogen-bond acceptors (Lipinski definition) is 3. The first-order valence-electron chi connectivity index (χ1n) is 7.01. The van der Waals surface area contributed by atoms with Crippen LogP contribution >= 0.6 is 11.6 Å². The number of hydrogen-bond donors (Lipinski definition) is 2. The summed E-state index contributed by atoms with van der Waals surface area (Å²) < 4.78 is 13.7. The third-order valence-corrected chi connectivity index (χ3v) is 4.30. The molecule has 7 heteroatoms. The van der Waals surface area contributed by atoms with Gasteiger partial charge in [0.2, 0.25) is 0 Å². The second-order valence-corrected chi connectivity index (χ2v) is 5.85. The molecule has 1 aromatic carbocycles. The number of H-pyrrole nitrogens is 1. The van der Waals surface area contributed by atoms with Gasteiger partial charge in [0.05, 0.1) is 17.1 Å². The van der Waals surface area contributed by atoms with E-state index < -0.39 is 5.82 Å². The lowest BCUT2D eigenvalue weighted by Crippen LogP contribution is -2.39. The Hall–Kier alpha value is -1.92. The molecular weight excluding hydrogens is 307 g/mol. The molecule has 0 saturated carbocycles. The molecule has 1 aliphatic heterocycles. The number of benzene rings is 1. The normalized spacial score (nSPS) is 22.0. The van der Waals surface area contributed by atoms with Crippen LogP contribution in [0.5, 0.6) is 0 Å². The van der Waals surface area contributed by atoms with Crippen molar-refractivity contribution in [2.24, 2.45) is 0 Å². The monoisotopic (exact) mass is 322 g/mol. The van der Waals surface area contributed by atoms with Crippen LogP contribution < -0.4 is 5.32 Å². The third kappa shape index (κ3) is 2.84. The Morgan fingerprint density at radius 3 is 3.00 bits per heavy atom. The van der Waals surface area contributed by atoms with E-state index in [4.69, 9.17) is 11.6 Å². The molecule has 2 N–H and O–H groups in total. The molecule has 2 aromatic rings. The number of likely N-dealkylation sites (N-methyl/N-ethyl adjacent to an activating group) is 1. The number of amides is 1. The Morgan fingerprint density at radius 2 is 2.32 bits per heavy atom. The molecule has 116 valence electrons. The minimum atomic E-state index is -0.446. The molecule has 1 aliphatic rings. The molecule has 0 radical (unpaired) electrons. The number of carbonyl (C=O) groups excluding carboxylic acids is 1. The molecule has 3 rings (SSSR count). The van der Waals surface area contributed by atoms with Crippen LogP contribution in [0.15, 0.2) is 30.5 Å². The number of carbonyl (C=O) groups is 1. The first kappa shape index (κ1) is 15.0. The average molecular weight is 323 g/mol. The van der Waals surface area contributed by atoms with Crippen LogP contribution in [-0.2, 0) is 0 Å². The zero-order chi connectivity index (χ0) is 15.7. The summed E-state index contributed by atoms with van der Waals surface area (Å²) in [7, 11) is 1.96. The van der Waals surface area contributed by atoms with Gasteiger partial charge in [0.25, 0.3) is 5.91 Å². The van der Waals surface area contributed by atoms with E-state index in [2.05, 4.69) is 20.4 Å². The summed E-state index contributed by atoms with van der Waals surface area (Å²) in [5.74, 6) is -0.657. The number of nitrogens with zero attached hydrogens (tertiary/aromatic N) is 2.